The summed E-state index contributed by atoms with van der Waals surface area (Å²) in [6.45, 7) is 15.6. The number of alkyl halides is 2. The molecule has 0 atom stereocenters. The second kappa shape index (κ2) is 8.29. The molecule has 1 N–H and O–H groups in total. The van der Waals surface area contributed by atoms with Crippen LogP contribution in [0.15, 0.2) is 59.0 Å². The lowest BCUT2D eigenvalue weighted by Gasteiger charge is -2.20. The Morgan fingerprint density at radius 1 is 1.10 bits per heavy atom. The van der Waals surface area contributed by atoms with Crippen LogP contribution in [0.4, 0.5) is 8.78 Å². The monoisotopic (exact) mass is 424 g/mol. The number of H-pyrrole nitrogens is 1. The number of halogens is 2. The predicted molar refractivity (Wildman–Crippen MR) is 123 cm³/mol. The third-order valence-electron chi connectivity index (χ3n) is 5.07. The lowest BCUT2D eigenvalue weighted by atomic mass is 9.85. The number of imidazole rings is 1. The highest BCUT2D eigenvalue weighted by atomic mass is 19.3. The minimum Gasteiger partial charge on any atom is -0.453 e. The van der Waals surface area contributed by atoms with Gasteiger partial charge in [0.1, 0.15) is 5.76 Å². The number of aromatic amines is 1. The fraction of sp³-hybridized carbons (Fsp3) is 0.346. The van der Waals surface area contributed by atoms with Gasteiger partial charge in [-0.1, -0.05) is 57.7 Å². The summed E-state index contributed by atoms with van der Waals surface area (Å²) >= 11 is 0. The van der Waals surface area contributed by atoms with E-state index in [1.165, 1.54) is 12.1 Å². The average Bonchev–Trinajstić information content (AvgIpc) is 3.27. The van der Waals surface area contributed by atoms with Gasteiger partial charge in [-0.25, -0.2) is 13.8 Å². The molecule has 0 aliphatic carbocycles. The van der Waals surface area contributed by atoms with Crippen molar-refractivity contribution >= 4 is 5.57 Å². The smallest absolute Gasteiger partial charge is 0.270 e. The summed E-state index contributed by atoms with van der Waals surface area (Å²) in [5, 5.41) is 0. The van der Waals surface area contributed by atoms with E-state index in [9.17, 15) is 8.78 Å². The zero-order chi connectivity index (χ0) is 23.0. The first-order chi connectivity index (χ1) is 14.4. The molecule has 0 saturated carbocycles. The van der Waals surface area contributed by atoms with Crippen LogP contribution < -0.4 is 0 Å². The summed E-state index contributed by atoms with van der Waals surface area (Å²) < 4.78 is 33.1. The van der Waals surface area contributed by atoms with Crippen LogP contribution in [0, 0.1) is 12.3 Å². The molecule has 0 aliphatic heterocycles. The first-order valence-corrected chi connectivity index (χ1v) is 10.4. The lowest BCUT2D eigenvalue weighted by Crippen LogP contribution is -2.06. The zero-order valence-electron chi connectivity index (χ0n) is 19.1. The number of nitrogens with zero attached hydrogens (tertiary/aromatic N) is 1. The highest BCUT2D eigenvalue weighted by Gasteiger charge is 2.24. The topological polar surface area (TPSA) is 41.8 Å². The van der Waals surface area contributed by atoms with Gasteiger partial charge in [-0.2, -0.15) is 0 Å². The third kappa shape index (κ3) is 5.22. The van der Waals surface area contributed by atoms with Crippen molar-refractivity contribution in [3.8, 4) is 22.8 Å². The maximum Gasteiger partial charge on any atom is 0.270 e. The van der Waals surface area contributed by atoms with Crippen molar-refractivity contribution in [3.63, 3.8) is 0 Å². The van der Waals surface area contributed by atoms with E-state index in [0.717, 1.165) is 41.5 Å². The molecular weight excluding hydrogens is 394 g/mol. The van der Waals surface area contributed by atoms with Gasteiger partial charge in [0.05, 0.1) is 5.69 Å². The zero-order valence-corrected chi connectivity index (χ0v) is 19.1. The van der Waals surface area contributed by atoms with Gasteiger partial charge in [0.25, 0.3) is 5.92 Å². The molecule has 0 amide bonds. The number of hydrogen-bond donors (Lipinski definition) is 1. The van der Waals surface area contributed by atoms with Gasteiger partial charge >= 0.3 is 0 Å². The Balaban J connectivity index is 1.88. The lowest BCUT2D eigenvalue weighted by molar-refractivity contribution is 0.0175. The number of benzene rings is 1. The van der Waals surface area contributed by atoms with Crippen molar-refractivity contribution < 1.29 is 13.2 Å². The van der Waals surface area contributed by atoms with E-state index in [2.05, 4.69) is 37.3 Å². The van der Waals surface area contributed by atoms with Crippen LogP contribution in [0.25, 0.3) is 28.4 Å². The van der Waals surface area contributed by atoms with Crippen molar-refractivity contribution in [2.45, 2.75) is 53.9 Å². The molecule has 0 bridgehead atoms. The minimum absolute atomic E-state index is 0.0188. The second-order valence-electron chi connectivity index (χ2n) is 9.23. The van der Waals surface area contributed by atoms with Crippen LogP contribution in [0.1, 0.15) is 58.1 Å². The first-order valence-electron chi connectivity index (χ1n) is 10.4. The Kier molecular flexibility index (Phi) is 6.08. The molecule has 164 valence electrons. The van der Waals surface area contributed by atoms with Crippen LogP contribution in [0.2, 0.25) is 0 Å². The van der Waals surface area contributed by atoms with Crippen LogP contribution in [0.3, 0.4) is 0 Å². The molecular formula is C26H30F2N2O. The number of furan rings is 1. The predicted octanol–water partition coefficient (Wildman–Crippen LogP) is 8.15. The standard InChI is InChI=1S/C26H30F2N2O/c1-8-20(16(2)15-25(4,5)6)21-13-14-22(31-21)24-29-17(3)23(30-24)18-9-11-19(12-10-18)26(7,27)28/h8-14H,2,15H2,1,3-7H3,(H,29,30)/b20-8+. The second-order valence-corrected chi connectivity index (χ2v) is 9.23. The largest absolute Gasteiger partial charge is 0.453 e. The van der Waals surface area contributed by atoms with Crippen molar-refractivity contribution in [2.24, 2.45) is 5.41 Å². The third-order valence-corrected chi connectivity index (χ3v) is 5.07. The summed E-state index contributed by atoms with van der Waals surface area (Å²) in [7, 11) is 0. The molecule has 5 heteroatoms. The van der Waals surface area contributed by atoms with Crippen LogP contribution in [-0.4, -0.2) is 9.97 Å². The molecule has 1 aromatic carbocycles. The van der Waals surface area contributed by atoms with Gasteiger partial charge in [0.2, 0.25) is 0 Å². The summed E-state index contributed by atoms with van der Waals surface area (Å²) in [6, 6.07) is 10.0. The quantitative estimate of drug-likeness (QED) is 0.406. The summed E-state index contributed by atoms with van der Waals surface area (Å²) in [4.78, 5) is 7.91. The Hall–Kier alpha value is -2.95. The molecule has 2 aromatic heterocycles. The SMILES string of the molecule is C=C(CC(C)(C)C)/C(=C\C)c1ccc(-c2nc(-c3ccc(C(C)(F)F)cc3)c(C)[nH]2)o1. The van der Waals surface area contributed by atoms with E-state index in [4.69, 9.17) is 4.42 Å². The number of allylic oxidation sites excluding steroid dienone is 3. The average molecular weight is 425 g/mol. The number of nitrogens with one attached hydrogen (secondary N) is 1. The Labute approximate surface area is 182 Å². The molecule has 0 saturated heterocycles. The Morgan fingerprint density at radius 2 is 1.74 bits per heavy atom. The molecule has 0 radical (unpaired) electrons. The maximum atomic E-state index is 13.5. The fourth-order valence-electron chi connectivity index (χ4n) is 3.64. The normalized spacial score (nSPS) is 13.0. The molecule has 0 spiro atoms. The molecule has 0 aliphatic rings. The van der Waals surface area contributed by atoms with Gasteiger partial charge < -0.3 is 9.40 Å². The molecule has 3 rings (SSSR count). The van der Waals surface area contributed by atoms with Crippen molar-refractivity contribution in [3.05, 3.63) is 71.6 Å². The van der Waals surface area contributed by atoms with Gasteiger partial charge in [-0.3, -0.25) is 0 Å². The molecule has 3 aromatic rings. The summed E-state index contributed by atoms with van der Waals surface area (Å²) in [6.07, 6.45) is 2.88. The number of aryl methyl sites for hydroxylation is 1. The van der Waals surface area contributed by atoms with E-state index in [1.54, 1.807) is 12.1 Å². The van der Waals surface area contributed by atoms with Gasteiger partial charge in [-0.05, 0) is 43.4 Å². The molecule has 0 unspecified atom stereocenters. The van der Waals surface area contributed by atoms with E-state index < -0.39 is 5.92 Å². The van der Waals surface area contributed by atoms with Crippen molar-refractivity contribution in [2.75, 3.05) is 0 Å². The fourth-order valence-corrected chi connectivity index (χ4v) is 3.64. The van der Waals surface area contributed by atoms with E-state index >= 15 is 0 Å². The van der Waals surface area contributed by atoms with Crippen LogP contribution in [-0.2, 0) is 5.92 Å². The van der Waals surface area contributed by atoms with E-state index in [0.29, 0.717) is 17.3 Å². The maximum absolute atomic E-state index is 13.5. The minimum atomic E-state index is -2.86. The molecule has 3 nitrogen and oxygen atoms in total. The summed E-state index contributed by atoms with van der Waals surface area (Å²) in [5.74, 6) is -0.905. The summed E-state index contributed by atoms with van der Waals surface area (Å²) in [5.41, 5.74) is 4.45. The molecule has 0 fully saturated rings. The van der Waals surface area contributed by atoms with E-state index in [1.807, 2.05) is 32.1 Å². The number of rotatable bonds is 6. The Bertz CT molecular complexity index is 1100. The number of hydrogen-bond acceptors (Lipinski definition) is 2. The van der Waals surface area contributed by atoms with Crippen LogP contribution in [0.5, 0.6) is 0 Å². The highest BCUT2D eigenvalue weighted by Crippen LogP contribution is 2.35. The number of aromatic nitrogens is 2. The highest BCUT2D eigenvalue weighted by molar-refractivity contribution is 5.76. The van der Waals surface area contributed by atoms with E-state index in [-0.39, 0.29) is 11.0 Å². The first kappa shape index (κ1) is 22.7. The van der Waals surface area contributed by atoms with Gasteiger partial charge in [0.15, 0.2) is 11.6 Å². The van der Waals surface area contributed by atoms with Gasteiger partial charge in [-0.15, -0.1) is 0 Å². The van der Waals surface area contributed by atoms with Crippen molar-refractivity contribution in [1.29, 1.82) is 0 Å². The Morgan fingerprint density at radius 3 is 2.29 bits per heavy atom. The molecule has 2 heterocycles. The molecule has 31 heavy (non-hydrogen) atoms. The van der Waals surface area contributed by atoms with Crippen molar-refractivity contribution in [1.82, 2.24) is 9.97 Å². The van der Waals surface area contributed by atoms with Crippen LogP contribution >= 0.6 is 0 Å². The van der Waals surface area contributed by atoms with Gasteiger partial charge in [0, 0.05) is 29.3 Å².